The predicted octanol–water partition coefficient (Wildman–Crippen LogP) is 2.45. The molecule has 1 aliphatic carbocycles. The van der Waals surface area contributed by atoms with Gasteiger partial charge in [-0.05, 0) is 50.3 Å². The third kappa shape index (κ3) is 3.15. The van der Waals surface area contributed by atoms with Crippen molar-refractivity contribution in [2.75, 3.05) is 18.0 Å². The van der Waals surface area contributed by atoms with Gasteiger partial charge in [-0.2, -0.15) is 0 Å². The summed E-state index contributed by atoms with van der Waals surface area (Å²) in [5.74, 6) is 0.422. The minimum absolute atomic E-state index is 0.192. The summed E-state index contributed by atoms with van der Waals surface area (Å²) in [4.78, 5) is 2.42. The van der Waals surface area contributed by atoms with Gasteiger partial charge in [-0.25, -0.2) is 0 Å². The number of nitrogens with zero attached hydrogens (tertiary/aromatic N) is 1. The van der Waals surface area contributed by atoms with Crippen LogP contribution in [0.1, 0.15) is 37.3 Å². The zero-order chi connectivity index (χ0) is 14.1. The molecule has 0 radical (unpaired) electrons. The van der Waals surface area contributed by atoms with Crippen LogP contribution >= 0.6 is 0 Å². The summed E-state index contributed by atoms with van der Waals surface area (Å²) in [6.45, 7) is 7.15. The second-order valence-corrected chi connectivity index (χ2v) is 6.51. The van der Waals surface area contributed by atoms with Crippen LogP contribution in [-0.2, 0) is 6.54 Å². The van der Waals surface area contributed by atoms with Gasteiger partial charge in [0, 0.05) is 37.3 Å². The fourth-order valence-electron chi connectivity index (χ4n) is 3.13. The molecule has 2 N–H and O–H groups in total. The normalized spacial score (nSPS) is 24.1. The molecule has 20 heavy (non-hydrogen) atoms. The minimum atomic E-state index is -0.192. The van der Waals surface area contributed by atoms with Crippen LogP contribution in [-0.4, -0.2) is 30.3 Å². The molecule has 0 spiro atoms. The summed E-state index contributed by atoms with van der Waals surface area (Å²) >= 11 is 0. The lowest BCUT2D eigenvalue weighted by Crippen LogP contribution is -2.24. The van der Waals surface area contributed by atoms with Crippen LogP contribution in [0.3, 0.4) is 0 Å². The van der Waals surface area contributed by atoms with Crippen LogP contribution in [0, 0.1) is 12.8 Å². The van der Waals surface area contributed by atoms with Gasteiger partial charge in [0.1, 0.15) is 0 Å². The fourth-order valence-corrected chi connectivity index (χ4v) is 3.13. The van der Waals surface area contributed by atoms with Gasteiger partial charge in [0.05, 0.1) is 6.10 Å². The number of aryl methyl sites for hydroxylation is 1. The van der Waals surface area contributed by atoms with E-state index in [1.54, 1.807) is 0 Å². The molecule has 2 atom stereocenters. The predicted molar refractivity (Wildman–Crippen MR) is 83.0 cm³/mol. The number of hydrogen-bond acceptors (Lipinski definition) is 3. The SMILES string of the molecule is Cc1cc(CNC2CC2)ccc1N1CCC(C(C)O)C1. The molecule has 1 saturated heterocycles. The molecule has 1 saturated carbocycles. The second-order valence-electron chi connectivity index (χ2n) is 6.51. The van der Waals surface area contributed by atoms with E-state index in [0.29, 0.717) is 5.92 Å². The van der Waals surface area contributed by atoms with E-state index in [2.05, 4.69) is 35.3 Å². The first-order valence-corrected chi connectivity index (χ1v) is 7.89. The molecule has 2 unspecified atom stereocenters. The molecule has 0 aromatic heterocycles. The maximum atomic E-state index is 9.72. The maximum absolute atomic E-state index is 9.72. The highest BCUT2D eigenvalue weighted by molar-refractivity contribution is 5.55. The first kappa shape index (κ1) is 13.9. The van der Waals surface area contributed by atoms with Crippen LogP contribution in [0.5, 0.6) is 0 Å². The van der Waals surface area contributed by atoms with Gasteiger partial charge in [-0.1, -0.05) is 12.1 Å². The third-order valence-corrected chi connectivity index (χ3v) is 4.68. The number of aliphatic hydroxyl groups is 1. The highest BCUT2D eigenvalue weighted by Crippen LogP contribution is 2.29. The van der Waals surface area contributed by atoms with Crippen molar-refractivity contribution in [3.63, 3.8) is 0 Å². The highest BCUT2D eigenvalue weighted by Gasteiger charge is 2.26. The van der Waals surface area contributed by atoms with Crippen molar-refractivity contribution in [1.29, 1.82) is 0 Å². The standard InChI is InChI=1S/C17H26N2O/c1-12-9-14(10-18-16-4-5-16)3-6-17(12)19-8-7-15(11-19)13(2)20/h3,6,9,13,15-16,18,20H,4-5,7-8,10-11H2,1-2H3. The first-order chi connectivity index (χ1) is 9.63. The van der Waals surface area contributed by atoms with Gasteiger partial charge < -0.3 is 15.3 Å². The van der Waals surface area contributed by atoms with Crippen molar-refractivity contribution in [1.82, 2.24) is 5.32 Å². The Hall–Kier alpha value is -1.06. The summed E-state index contributed by atoms with van der Waals surface area (Å²) < 4.78 is 0. The van der Waals surface area contributed by atoms with Gasteiger partial charge in [0.2, 0.25) is 0 Å². The zero-order valence-corrected chi connectivity index (χ0v) is 12.6. The Bertz CT molecular complexity index is 468. The van der Waals surface area contributed by atoms with Gasteiger partial charge in [-0.15, -0.1) is 0 Å². The molecule has 1 aromatic carbocycles. The van der Waals surface area contributed by atoms with Crippen molar-refractivity contribution in [3.8, 4) is 0 Å². The third-order valence-electron chi connectivity index (χ3n) is 4.68. The second kappa shape index (κ2) is 5.74. The number of anilines is 1. The van der Waals surface area contributed by atoms with Crippen molar-refractivity contribution in [2.24, 2.45) is 5.92 Å². The summed E-state index contributed by atoms with van der Waals surface area (Å²) in [6.07, 6.45) is 3.58. The summed E-state index contributed by atoms with van der Waals surface area (Å²) in [5, 5.41) is 13.3. The molecule has 0 amide bonds. The molecule has 0 bridgehead atoms. The number of hydrogen-bond donors (Lipinski definition) is 2. The van der Waals surface area contributed by atoms with E-state index in [1.165, 1.54) is 29.7 Å². The van der Waals surface area contributed by atoms with E-state index in [-0.39, 0.29) is 6.10 Å². The molecule has 2 fully saturated rings. The molecular weight excluding hydrogens is 248 g/mol. The Morgan fingerprint density at radius 1 is 1.35 bits per heavy atom. The van der Waals surface area contributed by atoms with Gasteiger partial charge in [-0.3, -0.25) is 0 Å². The van der Waals surface area contributed by atoms with Crippen molar-refractivity contribution in [2.45, 2.75) is 51.8 Å². The minimum Gasteiger partial charge on any atom is -0.393 e. The lowest BCUT2D eigenvalue weighted by Gasteiger charge is -2.22. The monoisotopic (exact) mass is 274 g/mol. The average Bonchev–Trinajstić information content (AvgIpc) is 3.11. The highest BCUT2D eigenvalue weighted by atomic mass is 16.3. The van der Waals surface area contributed by atoms with Crippen LogP contribution in [0.2, 0.25) is 0 Å². The fraction of sp³-hybridized carbons (Fsp3) is 0.647. The van der Waals surface area contributed by atoms with Crippen molar-refractivity contribution in [3.05, 3.63) is 29.3 Å². The average molecular weight is 274 g/mol. The molecule has 110 valence electrons. The Morgan fingerprint density at radius 3 is 2.75 bits per heavy atom. The van der Waals surface area contributed by atoms with Crippen LogP contribution in [0.25, 0.3) is 0 Å². The molecule has 3 nitrogen and oxygen atoms in total. The number of nitrogens with one attached hydrogen (secondary N) is 1. The molecule has 1 aliphatic heterocycles. The van der Waals surface area contributed by atoms with Crippen molar-refractivity contribution >= 4 is 5.69 Å². The van der Waals surface area contributed by atoms with Crippen LogP contribution < -0.4 is 10.2 Å². The zero-order valence-electron chi connectivity index (χ0n) is 12.6. The molecule has 2 aliphatic rings. The largest absolute Gasteiger partial charge is 0.393 e. The van der Waals surface area contributed by atoms with Gasteiger partial charge >= 0.3 is 0 Å². The topological polar surface area (TPSA) is 35.5 Å². The summed E-state index contributed by atoms with van der Waals surface area (Å²) in [6, 6.07) is 7.57. The Morgan fingerprint density at radius 2 is 2.15 bits per heavy atom. The lowest BCUT2D eigenvalue weighted by atomic mass is 10.0. The van der Waals surface area contributed by atoms with E-state index in [1.807, 2.05) is 6.92 Å². The summed E-state index contributed by atoms with van der Waals surface area (Å²) in [5.41, 5.74) is 4.07. The number of aliphatic hydroxyl groups excluding tert-OH is 1. The maximum Gasteiger partial charge on any atom is 0.0557 e. The molecular formula is C17H26N2O. The van der Waals surface area contributed by atoms with Gasteiger partial charge in [0.25, 0.3) is 0 Å². The molecule has 3 heteroatoms. The molecule has 1 heterocycles. The Labute approximate surface area is 122 Å². The lowest BCUT2D eigenvalue weighted by molar-refractivity contribution is 0.136. The smallest absolute Gasteiger partial charge is 0.0557 e. The van der Waals surface area contributed by atoms with Crippen LogP contribution in [0.4, 0.5) is 5.69 Å². The van der Waals surface area contributed by atoms with E-state index < -0.39 is 0 Å². The Kier molecular flexibility index (Phi) is 3.99. The van der Waals surface area contributed by atoms with E-state index >= 15 is 0 Å². The Balaban J connectivity index is 1.64. The summed E-state index contributed by atoms with van der Waals surface area (Å²) in [7, 11) is 0. The van der Waals surface area contributed by atoms with E-state index in [4.69, 9.17) is 0 Å². The first-order valence-electron chi connectivity index (χ1n) is 7.89. The van der Waals surface area contributed by atoms with Crippen molar-refractivity contribution < 1.29 is 5.11 Å². The van der Waals surface area contributed by atoms with Gasteiger partial charge in [0.15, 0.2) is 0 Å². The molecule has 1 aromatic rings. The molecule has 3 rings (SSSR count). The number of rotatable bonds is 5. The van der Waals surface area contributed by atoms with Crippen LogP contribution in [0.15, 0.2) is 18.2 Å². The van der Waals surface area contributed by atoms with E-state index in [9.17, 15) is 5.11 Å². The quantitative estimate of drug-likeness (QED) is 0.866. The van der Waals surface area contributed by atoms with E-state index in [0.717, 1.165) is 32.1 Å². The number of benzene rings is 1.